The molecule has 1 aromatic carbocycles. The van der Waals surface area contributed by atoms with Gasteiger partial charge in [0.25, 0.3) is 0 Å². The molecule has 1 amide bonds. The van der Waals surface area contributed by atoms with Crippen molar-refractivity contribution in [3.8, 4) is 0 Å². The summed E-state index contributed by atoms with van der Waals surface area (Å²) in [6, 6.07) is 7.10. The van der Waals surface area contributed by atoms with E-state index >= 15 is 0 Å². The molecule has 0 atom stereocenters. The van der Waals surface area contributed by atoms with E-state index in [1.807, 2.05) is 0 Å². The van der Waals surface area contributed by atoms with E-state index in [2.05, 4.69) is 15.5 Å². The van der Waals surface area contributed by atoms with Gasteiger partial charge in [0.05, 0.1) is 17.3 Å². The van der Waals surface area contributed by atoms with Crippen LogP contribution in [0.2, 0.25) is 0 Å². The van der Waals surface area contributed by atoms with Gasteiger partial charge in [-0.2, -0.15) is 18.3 Å². The molecule has 2 aromatic heterocycles. The molecule has 0 saturated carbocycles. The number of nitrogen functional groups attached to an aromatic ring is 1. The summed E-state index contributed by atoms with van der Waals surface area (Å²) in [4.78, 5) is 15.4. The van der Waals surface area contributed by atoms with E-state index in [9.17, 15) is 22.4 Å². The molecule has 0 unspecified atom stereocenters. The molecule has 134 valence electrons. The number of pyridine rings is 1. The topological polar surface area (TPSA) is 93.5 Å². The predicted molar refractivity (Wildman–Crippen MR) is 84.9 cm³/mol. The Morgan fingerprint density at radius 2 is 1.88 bits per heavy atom. The van der Waals surface area contributed by atoms with Crippen LogP contribution >= 0.6 is 0 Å². The zero-order valence-corrected chi connectivity index (χ0v) is 12.8. The van der Waals surface area contributed by atoms with Crippen LogP contribution in [0.25, 0.3) is 11.1 Å². The molecule has 3 rings (SSSR count). The molecule has 0 saturated heterocycles. The summed E-state index contributed by atoms with van der Waals surface area (Å²) in [5, 5.41) is 3.73. The Hall–Kier alpha value is -3.43. The Labute approximate surface area is 143 Å². The number of nitrogens with one attached hydrogen (secondary N) is 1. The highest BCUT2D eigenvalue weighted by atomic mass is 19.4. The maximum Gasteiger partial charge on any atom is 0.433 e. The minimum absolute atomic E-state index is 0.0747. The first-order valence-corrected chi connectivity index (χ1v) is 7.11. The van der Waals surface area contributed by atoms with Crippen LogP contribution in [0.3, 0.4) is 0 Å². The number of furan rings is 1. The van der Waals surface area contributed by atoms with Crippen LogP contribution in [0.5, 0.6) is 0 Å². The van der Waals surface area contributed by atoms with Crippen molar-refractivity contribution < 1.29 is 26.8 Å². The first-order chi connectivity index (χ1) is 12.3. The number of amides is 1. The van der Waals surface area contributed by atoms with Crippen LogP contribution in [0.4, 0.5) is 23.2 Å². The van der Waals surface area contributed by atoms with Crippen LogP contribution in [0.15, 0.2) is 45.9 Å². The van der Waals surface area contributed by atoms with Gasteiger partial charge in [-0.1, -0.05) is 12.1 Å². The number of rotatable bonds is 3. The zero-order chi connectivity index (χ0) is 18.9. The molecule has 26 heavy (non-hydrogen) atoms. The average Bonchev–Trinajstić information content (AvgIpc) is 2.92. The zero-order valence-electron chi connectivity index (χ0n) is 12.8. The van der Waals surface area contributed by atoms with Crippen LogP contribution in [-0.2, 0) is 6.18 Å². The number of alkyl halides is 3. The largest absolute Gasteiger partial charge is 0.433 e. The second kappa shape index (κ2) is 6.47. The molecule has 10 heteroatoms. The number of nitrogens with two attached hydrogens (primary N) is 1. The second-order valence-electron chi connectivity index (χ2n) is 5.14. The number of hydrogen-bond donors (Lipinski definition) is 2. The Kier molecular flexibility index (Phi) is 4.33. The van der Waals surface area contributed by atoms with E-state index in [-0.39, 0.29) is 11.1 Å². The third kappa shape index (κ3) is 3.48. The number of carbonyl (C=O) groups is 1. The van der Waals surface area contributed by atoms with Gasteiger partial charge in [-0.3, -0.25) is 4.79 Å². The molecule has 3 N–H and O–H groups in total. The van der Waals surface area contributed by atoms with Crippen molar-refractivity contribution in [3.63, 3.8) is 0 Å². The van der Waals surface area contributed by atoms with Crippen LogP contribution in [0.1, 0.15) is 21.8 Å². The monoisotopic (exact) mass is 366 g/mol. The van der Waals surface area contributed by atoms with Crippen LogP contribution < -0.4 is 11.2 Å². The lowest BCUT2D eigenvalue weighted by Crippen LogP contribution is -2.18. The molecular weight excluding hydrogens is 356 g/mol. The highest BCUT2D eigenvalue weighted by molar-refractivity contribution is 6.04. The number of nitrogens with zero attached hydrogens (tertiary/aromatic N) is 2. The summed E-state index contributed by atoms with van der Waals surface area (Å²) >= 11 is 0. The number of benzene rings is 1. The summed E-state index contributed by atoms with van der Waals surface area (Å²) < 4.78 is 55.9. The number of hydrazone groups is 1. The van der Waals surface area contributed by atoms with Crippen molar-refractivity contribution in [1.29, 1.82) is 0 Å². The molecular formula is C16H10F4N4O2. The standard InChI is InChI=1S/C16H10F4N4O2/c17-9-3-1-8(2-4-9)7-22-24-14(25)13-12(21)10-5-6-11(16(18,19)20)23-15(10)26-13/h1-7H,21H2,(H,24,25)/b22-7+. The first kappa shape index (κ1) is 17.4. The van der Waals surface area contributed by atoms with Crippen LogP contribution in [0, 0.1) is 5.82 Å². The lowest BCUT2D eigenvalue weighted by Gasteiger charge is -2.03. The summed E-state index contributed by atoms with van der Waals surface area (Å²) in [6.45, 7) is 0. The van der Waals surface area contributed by atoms with E-state index in [0.717, 1.165) is 12.1 Å². The van der Waals surface area contributed by atoms with Crippen molar-refractivity contribution in [2.24, 2.45) is 5.10 Å². The van der Waals surface area contributed by atoms with Crippen molar-refractivity contribution in [3.05, 3.63) is 59.2 Å². The van der Waals surface area contributed by atoms with Crippen LogP contribution in [-0.4, -0.2) is 17.1 Å². The van der Waals surface area contributed by atoms with Gasteiger partial charge in [-0.05, 0) is 29.8 Å². The molecule has 3 aromatic rings. The van der Waals surface area contributed by atoms with E-state index in [4.69, 9.17) is 10.2 Å². The van der Waals surface area contributed by atoms with E-state index in [1.165, 1.54) is 30.5 Å². The second-order valence-corrected chi connectivity index (χ2v) is 5.14. The first-order valence-electron chi connectivity index (χ1n) is 7.11. The summed E-state index contributed by atoms with van der Waals surface area (Å²) in [6.07, 6.45) is -3.41. The number of carbonyl (C=O) groups excluding carboxylic acids is 1. The van der Waals surface area contributed by atoms with Gasteiger partial charge in [0, 0.05) is 0 Å². The highest BCUT2D eigenvalue weighted by Gasteiger charge is 2.33. The fourth-order valence-corrected chi connectivity index (χ4v) is 2.09. The molecule has 0 radical (unpaired) electrons. The maximum absolute atomic E-state index is 12.8. The van der Waals surface area contributed by atoms with Crippen molar-refractivity contribution in [2.45, 2.75) is 6.18 Å². The van der Waals surface area contributed by atoms with Gasteiger partial charge in [0.15, 0.2) is 0 Å². The van der Waals surface area contributed by atoms with E-state index in [0.29, 0.717) is 5.56 Å². The normalized spacial score (nSPS) is 12.0. The van der Waals surface area contributed by atoms with Crippen molar-refractivity contribution in [1.82, 2.24) is 10.4 Å². The van der Waals surface area contributed by atoms with E-state index < -0.39 is 35.1 Å². The average molecular weight is 366 g/mol. The molecule has 0 aliphatic carbocycles. The number of fused-ring (bicyclic) bond motifs is 1. The Bertz CT molecular complexity index is 994. The molecule has 0 aliphatic rings. The summed E-state index contributed by atoms with van der Waals surface area (Å²) in [5.74, 6) is -1.71. The molecule has 0 aliphatic heterocycles. The molecule has 2 heterocycles. The third-order valence-corrected chi connectivity index (χ3v) is 3.34. The maximum atomic E-state index is 12.8. The molecule has 0 fully saturated rings. The molecule has 0 bridgehead atoms. The molecule has 0 spiro atoms. The molecule has 6 nitrogen and oxygen atoms in total. The SMILES string of the molecule is Nc1c(C(=O)N/N=C/c2ccc(F)cc2)oc2nc(C(F)(F)F)ccc12. The van der Waals surface area contributed by atoms with Gasteiger partial charge in [0.2, 0.25) is 11.5 Å². The van der Waals surface area contributed by atoms with Gasteiger partial charge in [-0.15, -0.1) is 0 Å². The third-order valence-electron chi connectivity index (χ3n) is 3.34. The summed E-state index contributed by atoms with van der Waals surface area (Å²) in [7, 11) is 0. The smallest absolute Gasteiger partial charge is 0.430 e. The van der Waals surface area contributed by atoms with Gasteiger partial charge >= 0.3 is 12.1 Å². The fraction of sp³-hybridized carbons (Fsp3) is 0.0625. The minimum Gasteiger partial charge on any atom is -0.430 e. The van der Waals surface area contributed by atoms with Crippen molar-refractivity contribution in [2.75, 3.05) is 5.73 Å². The van der Waals surface area contributed by atoms with Gasteiger partial charge < -0.3 is 10.2 Å². The number of aromatic nitrogens is 1. The van der Waals surface area contributed by atoms with Crippen molar-refractivity contribution >= 4 is 28.9 Å². The van der Waals surface area contributed by atoms with E-state index in [1.54, 1.807) is 0 Å². The minimum atomic E-state index is -4.66. The highest BCUT2D eigenvalue weighted by Crippen LogP contribution is 2.32. The fourth-order valence-electron chi connectivity index (χ4n) is 2.09. The number of hydrogen-bond acceptors (Lipinski definition) is 5. The lowest BCUT2D eigenvalue weighted by molar-refractivity contribution is -0.141. The Balaban J connectivity index is 1.81. The predicted octanol–water partition coefficient (Wildman–Crippen LogP) is 3.33. The number of halogens is 4. The lowest BCUT2D eigenvalue weighted by atomic mass is 10.2. The Morgan fingerprint density at radius 3 is 2.54 bits per heavy atom. The number of anilines is 1. The van der Waals surface area contributed by atoms with Gasteiger partial charge in [-0.25, -0.2) is 14.8 Å². The quantitative estimate of drug-likeness (QED) is 0.422. The summed E-state index contributed by atoms with van der Waals surface area (Å²) in [5.41, 5.74) is 6.63. The van der Waals surface area contributed by atoms with Gasteiger partial charge in [0.1, 0.15) is 11.5 Å². The Morgan fingerprint density at radius 1 is 1.19 bits per heavy atom.